The zero-order valence-electron chi connectivity index (χ0n) is 11.9. The number of benzene rings is 1. The zero-order chi connectivity index (χ0) is 13.7. The first kappa shape index (κ1) is 14.2. The molecule has 1 unspecified atom stereocenters. The van der Waals surface area contributed by atoms with E-state index in [1.807, 2.05) is 18.2 Å². The highest BCUT2D eigenvalue weighted by Crippen LogP contribution is 2.38. The van der Waals surface area contributed by atoms with Crippen molar-refractivity contribution in [1.82, 2.24) is 0 Å². The van der Waals surface area contributed by atoms with Gasteiger partial charge in [-0.1, -0.05) is 26.2 Å². The summed E-state index contributed by atoms with van der Waals surface area (Å²) in [5.41, 5.74) is 0.880. The molecule has 2 atom stereocenters. The lowest BCUT2D eigenvalue weighted by molar-refractivity contribution is 0.0602. The van der Waals surface area contributed by atoms with Gasteiger partial charge in [-0.25, -0.2) is 0 Å². The van der Waals surface area contributed by atoms with E-state index < -0.39 is 6.10 Å². The molecule has 19 heavy (non-hydrogen) atoms. The molecule has 1 aromatic carbocycles. The van der Waals surface area contributed by atoms with Crippen molar-refractivity contribution in [2.75, 3.05) is 7.11 Å². The van der Waals surface area contributed by atoms with Crippen LogP contribution in [0.5, 0.6) is 11.5 Å². The molecular weight excluding hydrogens is 240 g/mol. The summed E-state index contributed by atoms with van der Waals surface area (Å²) in [5.74, 6) is 1.55. The minimum atomic E-state index is -0.411. The van der Waals surface area contributed by atoms with Crippen LogP contribution in [0, 0.1) is 0 Å². The lowest BCUT2D eigenvalue weighted by Crippen LogP contribution is -2.25. The number of rotatable bonds is 6. The molecule has 106 valence electrons. The van der Waals surface area contributed by atoms with E-state index in [0.717, 1.165) is 23.5 Å². The van der Waals surface area contributed by atoms with E-state index in [2.05, 4.69) is 6.92 Å². The lowest BCUT2D eigenvalue weighted by atomic mass is 9.96. The summed E-state index contributed by atoms with van der Waals surface area (Å²) in [5, 5.41) is 10.2. The Morgan fingerprint density at radius 1 is 1.32 bits per heavy atom. The fraction of sp³-hybridized carbons (Fsp3) is 0.625. The Kier molecular flexibility index (Phi) is 5.08. The van der Waals surface area contributed by atoms with Crippen LogP contribution in [-0.2, 0) is 0 Å². The van der Waals surface area contributed by atoms with Crippen molar-refractivity contribution in [2.45, 2.75) is 57.7 Å². The van der Waals surface area contributed by atoms with Crippen LogP contribution in [0.3, 0.4) is 0 Å². The van der Waals surface area contributed by atoms with E-state index >= 15 is 0 Å². The van der Waals surface area contributed by atoms with Gasteiger partial charge in [-0.15, -0.1) is 0 Å². The maximum absolute atomic E-state index is 10.2. The highest BCUT2D eigenvalue weighted by Gasteiger charge is 2.26. The Labute approximate surface area is 115 Å². The molecule has 0 fully saturated rings. The molecule has 0 spiro atoms. The number of hydrogen-bond donors (Lipinski definition) is 1. The molecule has 0 saturated heterocycles. The molecule has 3 nitrogen and oxygen atoms in total. The third-order valence-corrected chi connectivity index (χ3v) is 3.74. The first-order valence-electron chi connectivity index (χ1n) is 7.27. The Balaban J connectivity index is 1.97. The first-order chi connectivity index (χ1) is 9.24. The van der Waals surface area contributed by atoms with E-state index in [0.29, 0.717) is 6.42 Å². The minimum Gasteiger partial charge on any atom is -0.497 e. The van der Waals surface area contributed by atoms with E-state index in [1.54, 1.807) is 7.11 Å². The van der Waals surface area contributed by atoms with Crippen molar-refractivity contribution in [3.05, 3.63) is 23.8 Å². The molecule has 0 radical (unpaired) electrons. The van der Waals surface area contributed by atoms with E-state index in [1.165, 1.54) is 25.7 Å². The molecule has 0 bridgehead atoms. The van der Waals surface area contributed by atoms with Gasteiger partial charge in [-0.2, -0.15) is 0 Å². The van der Waals surface area contributed by atoms with Crippen LogP contribution in [0.25, 0.3) is 0 Å². The molecule has 1 heterocycles. The summed E-state index contributed by atoms with van der Waals surface area (Å²) >= 11 is 0. The molecule has 0 saturated carbocycles. The van der Waals surface area contributed by atoms with E-state index in [9.17, 15) is 5.11 Å². The van der Waals surface area contributed by atoms with Crippen molar-refractivity contribution in [3.63, 3.8) is 0 Å². The Hall–Kier alpha value is -1.22. The Morgan fingerprint density at radius 2 is 2.16 bits per heavy atom. The summed E-state index contributed by atoms with van der Waals surface area (Å²) in [6.45, 7) is 2.21. The number of methoxy groups -OCH3 is 1. The van der Waals surface area contributed by atoms with E-state index in [-0.39, 0.29) is 6.10 Å². The van der Waals surface area contributed by atoms with Crippen LogP contribution in [0.4, 0.5) is 0 Å². The van der Waals surface area contributed by atoms with Gasteiger partial charge in [-0.05, 0) is 25.0 Å². The monoisotopic (exact) mass is 264 g/mol. The second-order valence-electron chi connectivity index (χ2n) is 5.24. The quantitative estimate of drug-likeness (QED) is 0.793. The average Bonchev–Trinajstić information content (AvgIpc) is 2.43. The van der Waals surface area contributed by atoms with Gasteiger partial charge in [0.1, 0.15) is 17.6 Å². The fourth-order valence-corrected chi connectivity index (χ4v) is 2.60. The van der Waals surface area contributed by atoms with Crippen LogP contribution in [-0.4, -0.2) is 18.3 Å². The summed E-state index contributed by atoms with van der Waals surface area (Å²) in [6.07, 6.45) is 6.38. The van der Waals surface area contributed by atoms with Crippen molar-refractivity contribution in [3.8, 4) is 11.5 Å². The molecule has 0 aliphatic carbocycles. The predicted octanol–water partition coefficient (Wildman–Crippen LogP) is 3.85. The molecule has 1 aromatic rings. The van der Waals surface area contributed by atoms with Gasteiger partial charge < -0.3 is 14.6 Å². The number of aliphatic hydroxyl groups is 1. The molecule has 1 aliphatic heterocycles. The normalized spacial score (nSPS) is 21.6. The maximum atomic E-state index is 10.2. The number of unbranched alkanes of at least 4 members (excludes halogenated alkanes) is 3. The van der Waals surface area contributed by atoms with Crippen molar-refractivity contribution in [2.24, 2.45) is 0 Å². The highest BCUT2D eigenvalue weighted by molar-refractivity contribution is 5.43. The molecule has 0 amide bonds. The first-order valence-corrected chi connectivity index (χ1v) is 7.27. The number of fused-ring (bicyclic) bond motifs is 1. The Bertz CT molecular complexity index is 403. The predicted molar refractivity (Wildman–Crippen MR) is 75.7 cm³/mol. The zero-order valence-corrected chi connectivity index (χ0v) is 11.9. The van der Waals surface area contributed by atoms with Gasteiger partial charge >= 0.3 is 0 Å². The van der Waals surface area contributed by atoms with Crippen LogP contribution < -0.4 is 9.47 Å². The summed E-state index contributed by atoms with van der Waals surface area (Å²) in [4.78, 5) is 0. The molecule has 2 rings (SSSR count). The second kappa shape index (κ2) is 6.80. The third kappa shape index (κ3) is 3.63. The second-order valence-corrected chi connectivity index (χ2v) is 5.24. The number of aliphatic hydroxyl groups excluding tert-OH is 1. The molecule has 0 aromatic heterocycles. The van der Waals surface area contributed by atoms with Crippen LogP contribution in [0.2, 0.25) is 0 Å². The van der Waals surface area contributed by atoms with Gasteiger partial charge in [0.2, 0.25) is 0 Å². The maximum Gasteiger partial charge on any atom is 0.129 e. The average molecular weight is 264 g/mol. The highest BCUT2D eigenvalue weighted by atomic mass is 16.5. The SMILES string of the molecule is CCCCCCC1C[C@@H](O)c2ccc(OC)cc2O1. The molecule has 3 heteroatoms. The van der Waals surface area contributed by atoms with Gasteiger partial charge in [0, 0.05) is 18.1 Å². The Morgan fingerprint density at radius 3 is 2.89 bits per heavy atom. The summed E-state index contributed by atoms with van der Waals surface area (Å²) < 4.78 is 11.2. The third-order valence-electron chi connectivity index (χ3n) is 3.74. The number of ether oxygens (including phenoxy) is 2. The van der Waals surface area contributed by atoms with Crippen molar-refractivity contribution < 1.29 is 14.6 Å². The van der Waals surface area contributed by atoms with Crippen LogP contribution >= 0.6 is 0 Å². The van der Waals surface area contributed by atoms with E-state index in [4.69, 9.17) is 9.47 Å². The standard InChI is InChI=1S/C16H24O3/c1-3-4-5-6-7-13-10-15(17)14-9-8-12(18-2)11-16(14)19-13/h8-9,11,13,15,17H,3-7,10H2,1-2H3/t13?,15-/m1/s1. The molecule has 1 aliphatic rings. The van der Waals surface area contributed by atoms with Gasteiger partial charge in [-0.3, -0.25) is 0 Å². The minimum absolute atomic E-state index is 0.131. The van der Waals surface area contributed by atoms with Gasteiger partial charge in [0.15, 0.2) is 0 Å². The topological polar surface area (TPSA) is 38.7 Å². The molecule has 1 N–H and O–H groups in total. The van der Waals surface area contributed by atoms with Crippen LogP contribution in [0.15, 0.2) is 18.2 Å². The van der Waals surface area contributed by atoms with Gasteiger partial charge in [0.05, 0.1) is 13.2 Å². The largest absolute Gasteiger partial charge is 0.497 e. The van der Waals surface area contributed by atoms with Crippen molar-refractivity contribution in [1.29, 1.82) is 0 Å². The summed E-state index contributed by atoms with van der Waals surface area (Å²) in [6, 6.07) is 5.63. The van der Waals surface area contributed by atoms with Gasteiger partial charge in [0.25, 0.3) is 0 Å². The van der Waals surface area contributed by atoms with Crippen LogP contribution in [0.1, 0.15) is 57.1 Å². The lowest BCUT2D eigenvalue weighted by Gasteiger charge is -2.30. The summed E-state index contributed by atoms with van der Waals surface area (Å²) in [7, 11) is 1.64. The smallest absolute Gasteiger partial charge is 0.129 e. The van der Waals surface area contributed by atoms with Crippen molar-refractivity contribution >= 4 is 0 Å². The fourth-order valence-electron chi connectivity index (χ4n) is 2.60. The number of hydrogen-bond acceptors (Lipinski definition) is 3. The molecular formula is C16H24O3.